The van der Waals surface area contributed by atoms with Crippen molar-refractivity contribution < 1.29 is 13.9 Å². The quantitative estimate of drug-likeness (QED) is 0.864. The summed E-state index contributed by atoms with van der Waals surface area (Å²) in [5.74, 6) is 1.41. The predicted molar refractivity (Wildman–Crippen MR) is 82.1 cm³/mol. The number of aromatic nitrogens is 2. The normalized spacial score (nSPS) is 20.9. The number of hydrogen-bond donors (Lipinski definition) is 0. The smallest absolute Gasteiger partial charge is 0.318 e. The van der Waals surface area contributed by atoms with E-state index in [9.17, 15) is 0 Å². The Morgan fingerprint density at radius 2 is 2.05 bits per heavy atom. The Balaban J connectivity index is 1.66. The molecule has 22 heavy (non-hydrogen) atoms. The molecule has 0 spiro atoms. The standard InChI is InChI=1S/C16H21N3O3/c1-12-17-18-15(21-12)19-9-14(22-16(2,3)11-19)10-20-13-7-5-4-6-8-13/h4-8,14H,9-11H2,1-3H3. The fourth-order valence-corrected chi connectivity index (χ4v) is 2.65. The maximum Gasteiger partial charge on any atom is 0.318 e. The summed E-state index contributed by atoms with van der Waals surface area (Å²) < 4.78 is 17.4. The highest BCUT2D eigenvalue weighted by Crippen LogP contribution is 2.25. The van der Waals surface area contributed by atoms with Gasteiger partial charge in [-0.3, -0.25) is 0 Å². The summed E-state index contributed by atoms with van der Waals surface area (Å²) in [6.07, 6.45) is -0.0591. The summed E-state index contributed by atoms with van der Waals surface area (Å²) in [4.78, 5) is 2.06. The Morgan fingerprint density at radius 1 is 1.27 bits per heavy atom. The number of benzene rings is 1. The molecule has 1 aliphatic heterocycles. The fourth-order valence-electron chi connectivity index (χ4n) is 2.65. The van der Waals surface area contributed by atoms with Crippen molar-refractivity contribution in [2.45, 2.75) is 32.5 Å². The van der Waals surface area contributed by atoms with Crippen molar-refractivity contribution in [2.75, 3.05) is 24.6 Å². The molecule has 6 heteroatoms. The second kappa shape index (κ2) is 5.96. The number of rotatable bonds is 4. The molecule has 1 saturated heterocycles. The lowest BCUT2D eigenvalue weighted by Gasteiger charge is -2.41. The second-order valence-electron chi connectivity index (χ2n) is 6.11. The van der Waals surface area contributed by atoms with Crippen LogP contribution in [0.1, 0.15) is 19.7 Å². The van der Waals surface area contributed by atoms with E-state index in [0.29, 0.717) is 31.6 Å². The molecule has 0 saturated carbocycles. The molecular formula is C16H21N3O3. The van der Waals surface area contributed by atoms with Crippen LogP contribution in [-0.2, 0) is 4.74 Å². The molecule has 6 nitrogen and oxygen atoms in total. The van der Waals surface area contributed by atoms with Gasteiger partial charge in [-0.05, 0) is 26.0 Å². The van der Waals surface area contributed by atoms with Gasteiger partial charge in [0.15, 0.2) is 0 Å². The van der Waals surface area contributed by atoms with E-state index in [1.807, 2.05) is 30.3 Å². The van der Waals surface area contributed by atoms with E-state index in [1.54, 1.807) is 6.92 Å². The van der Waals surface area contributed by atoms with Crippen LogP contribution in [-0.4, -0.2) is 41.6 Å². The van der Waals surface area contributed by atoms with Crippen LogP contribution < -0.4 is 9.64 Å². The van der Waals surface area contributed by atoms with E-state index in [2.05, 4.69) is 28.9 Å². The first kappa shape index (κ1) is 14.8. The highest BCUT2D eigenvalue weighted by Gasteiger charge is 2.35. The summed E-state index contributed by atoms with van der Waals surface area (Å²) in [5, 5.41) is 8.00. The zero-order chi connectivity index (χ0) is 15.6. The van der Waals surface area contributed by atoms with Crippen LogP contribution in [0.15, 0.2) is 34.7 Å². The highest BCUT2D eigenvalue weighted by atomic mass is 16.6. The third kappa shape index (κ3) is 3.57. The molecule has 1 aliphatic rings. The molecule has 1 fully saturated rings. The molecule has 0 aliphatic carbocycles. The van der Waals surface area contributed by atoms with Crippen molar-refractivity contribution in [2.24, 2.45) is 0 Å². The Bertz CT molecular complexity index is 612. The zero-order valence-electron chi connectivity index (χ0n) is 13.2. The summed E-state index contributed by atoms with van der Waals surface area (Å²) in [7, 11) is 0. The maximum atomic E-state index is 6.10. The van der Waals surface area contributed by atoms with Crippen molar-refractivity contribution in [3.63, 3.8) is 0 Å². The molecule has 1 unspecified atom stereocenters. The largest absolute Gasteiger partial charge is 0.491 e. The van der Waals surface area contributed by atoms with Gasteiger partial charge in [-0.2, -0.15) is 0 Å². The van der Waals surface area contributed by atoms with Gasteiger partial charge in [0.1, 0.15) is 18.5 Å². The molecular weight excluding hydrogens is 282 g/mol. The number of para-hydroxylation sites is 1. The van der Waals surface area contributed by atoms with Crippen molar-refractivity contribution in [3.8, 4) is 5.75 Å². The average molecular weight is 303 g/mol. The van der Waals surface area contributed by atoms with Crippen molar-refractivity contribution in [1.82, 2.24) is 10.2 Å². The molecule has 0 N–H and O–H groups in total. The average Bonchev–Trinajstić information content (AvgIpc) is 2.91. The maximum absolute atomic E-state index is 6.10. The Hall–Kier alpha value is -2.08. The molecule has 2 aromatic rings. The predicted octanol–water partition coefficient (Wildman–Crippen LogP) is 2.44. The fraction of sp³-hybridized carbons (Fsp3) is 0.500. The number of morpholine rings is 1. The minimum absolute atomic E-state index is 0.0591. The van der Waals surface area contributed by atoms with Gasteiger partial charge < -0.3 is 18.8 Å². The lowest BCUT2D eigenvalue weighted by molar-refractivity contribution is -0.0980. The molecule has 118 valence electrons. The van der Waals surface area contributed by atoms with Gasteiger partial charge in [0.2, 0.25) is 5.89 Å². The van der Waals surface area contributed by atoms with E-state index in [1.165, 1.54) is 0 Å². The molecule has 1 aromatic carbocycles. The SMILES string of the molecule is Cc1nnc(N2CC(COc3ccccc3)OC(C)(C)C2)o1. The van der Waals surface area contributed by atoms with E-state index in [4.69, 9.17) is 13.9 Å². The number of aryl methyl sites for hydroxylation is 1. The first-order chi connectivity index (χ1) is 10.5. The van der Waals surface area contributed by atoms with Crippen molar-refractivity contribution in [3.05, 3.63) is 36.2 Å². The van der Waals surface area contributed by atoms with Crippen LogP contribution in [0.3, 0.4) is 0 Å². The van der Waals surface area contributed by atoms with Crippen LogP contribution in [0.4, 0.5) is 6.01 Å². The van der Waals surface area contributed by atoms with Gasteiger partial charge in [0.25, 0.3) is 0 Å². The van der Waals surface area contributed by atoms with Crippen LogP contribution in [0.5, 0.6) is 5.75 Å². The van der Waals surface area contributed by atoms with E-state index in [-0.39, 0.29) is 11.7 Å². The summed E-state index contributed by atoms with van der Waals surface area (Å²) in [6.45, 7) is 7.75. The third-order valence-corrected chi connectivity index (χ3v) is 3.45. The molecule has 3 rings (SSSR count). The minimum atomic E-state index is -0.300. The Morgan fingerprint density at radius 3 is 2.73 bits per heavy atom. The first-order valence-electron chi connectivity index (χ1n) is 7.42. The molecule has 0 amide bonds. The van der Waals surface area contributed by atoms with Gasteiger partial charge in [-0.15, -0.1) is 5.10 Å². The van der Waals surface area contributed by atoms with Gasteiger partial charge >= 0.3 is 6.01 Å². The molecule has 0 radical (unpaired) electrons. The van der Waals surface area contributed by atoms with Crippen LogP contribution in [0, 0.1) is 6.92 Å². The topological polar surface area (TPSA) is 60.6 Å². The summed E-state index contributed by atoms with van der Waals surface area (Å²) >= 11 is 0. The Kier molecular flexibility index (Phi) is 4.02. The number of nitrogens with zero attached hydrogens (tertiary/aromatic N) is 3. The van der Waals surface area contributed by atoms with Crippen LogP contribution >= 0.6 is 0 Å². The molecule has 2 heterocycles. The van der Waals surface area contributed by atoms with E-state index in [0.717, 1.165) is 5.75 Å². The van der Waals surface area contributed by atoms with Crippen LogP contribution in [0.2, 0.25) is 0 Å². The van der Waals surface area contributed by atoms with Gasteiger partial charge in [0.05, 0.1) is 18.7 Å². The lowest BCUT2D eigenvalue weighted by atomic mass is 10.1. The molecule has 1 atom stereocenters. The highest BCUT2D eigenvalue weighted by molar-refractivity contribution is 5.27. The van der Waals surface area contributed by atoms with Crippen molar-refractivity contribution >= 4 is 6.01 Å². The monoisotopic (exact) mass is 303 g/mol. The van der Waals surface area contributed by atoms with Gasteiger partial charge in [-0.25, -0.2) is 0 Å². The Labute approximate surface area is 130 Å². The van der Waals surface area contributed by atoms with E-state index >= 15 is 0 Å². The van der Waals surface area contributed by atoms with E-state index < -0.39 is 0 Å². The van der Waals surface area contributed by atoms with Gasteiger partial charge in [-0.1, -0.05) is 23.3 Å². The van der Waals surface area contributed by atoms with Crippen molar-refractivity contribution in [1.29, 1.82) is 0 Å². The number of hydrogen-bond acceptors (Lipinski definition) is 6. The minimum Gasteiger partial charge on any atom is -0.491 e. The molecule has 0 bridgehead atoms. The first-order valence-corrected chi connectivity index (χ1v) is 7.42. The lowest BCUT2D eigenvalue weighted by Crippen LogP contribution is -2.54. The molecule has 1 aromatic heterocycles. The zero-order valence-corrected chi connectivity index (χ0v) is 13.2. The third-order valence-electron chi connectivity index (χ3n) is 3.45. The number of anilines is 1. The summed E-state index contributed by atoms with van der Waals surface area (Å²) in [6, 6.07) is 10.3. The van der Waals surface area contributed by atoms with Gasteiger partial charge in [0, 0.05) is 6.92 Å². The summed E-state index contributed by atoms with van der Waals surface area (Å²) in [5.41, 5.74) is -0.300. The number of ether oxygens (including phenoxy) is 2. The second-order valence-corrected chi connectivity index (χ2v) is 6.11. The van der Waals surface area contributed by atoms with Crippen LogP contribution in [0.25, 0.3) is 0 Å².